The van der Waals surface area contributed by atoms with E-state index >= 15 is 0 Å². The first-order chi connectivity index (χ1) is 15.7. The second-order valence-corrected chi connectivity index (χ2v) is 7.75. The Kier molecular flexibility index (Phi) is 5.43. The highest BCUT2D eigenvalue weighted by molar-refractivity contribution is 9.10. The number of aromatic nitrogens is 5. The maximum atomic E-state index is 13.2. The number of rotatable bonds is 5. The van der Waals surface area contributed by atoms with Gasteiger partial charge >= 0.3 is 5.97 Å². The summed E-state index contributed by atoms with van der Waals surface area (Å²) in [5.74, 6) is -0.167. The van der Waals surface area contributed by atoms with Crippen molar-refractivity contribution in [3.63, 3.8) is 0 Å². The Bertz CT molecular complexity index is 1400. The van der Waals surface area contributed by atoms with Gasteiger partial charge in [-0.05, 0) is 51.8 Å². The quantitative estimate of drug-likeness (QED) is 0.259. The smallest absolute Gasteiger partial charge is 0.344 e. The summed E-state index contributed by atoms with van der Waals surface area (Å²) in [6.45, 7) is 0.500. The Hall–Kier alpha value is -3.91. The van der Waals surface area contributed by atoms with Crippen molar-refractivity contribution >= 4 is 32.9 Å². The van der Waals surface area contributed by atoms with Crippen molar-refractivity contribution < 1.29 is 9.53 Å². The van der Waals surface area contributed by atoms with Gasteiger partial charge in [0.2, 0.25) is 0 Å². The SMILES string of the molecule is O=C(Oc1cccnc1Br)c1cc(-c2ccccc2)nc2c1cnn2Cc1ccncc1. The minimum absolute atomic E-state index is 0.341. The second-order valence-electron chi connectivity index (χ2n) is 7.00. The molecule has 0 aliphatic carbocycles. The highest BCUT2D eigenvalue weighted by Crippen LogP contribution is 2.28. The molecule has 0 bridgehead atoms. The molecule has 32 heavy (non-hydrogen) atoms. The van der Waals surface area contributed by atoms with Crippen molar-refractivity contribution in [1.82, 2.24) is 24.7 Å². The minimum Gasteiger partial charge on any atom is -0.420 e. The van der Waals surface area contributed by atoms with E-state index in [0.717, 1.165) is 11.1 Å². The van der Waals surface area contributed by atoms with Gasteiger partial charge in [-0.3, -0.25) is 4.98 Å². The molecule has 0 fully saturated rings. The number of esters is 1. The van der Waals surface area contributed by atoms with Gasteiger partial charge in [-0.25, -0.2) is 19.4 Å². The Morgan fingerprint density at radius 1 is 1.00 bits per heavy atom. The van der Waals surface area contributed by atoms with Gasteiger partial charge in [0, 0.05) is 24.2 Å². The van der Waals surface area contributed by atoms with Gasteiger partial charge < -0.3 is 4.74 Å². The lowest BCUT2D eigenvalue weighted by Gasteiger charge is -2.10. The average Bonchev–Trinajstić information content (AvgIpc) is 3.23. The third kappa shape index (κ3) is 4.00. The van der Waals surface area contributed by atoms with Gasteiger partial charge in [0.05, 0.1) is 29.4 Å². The van der Waals surface area contributed by atoms with Crippen LogP contribution in [0.2, 0.25) is 0 Å². The molecule has 156 valence electrons. The van der Waals surface area contributed by atoms with Crippen LogP contribution in [0.1, 0.15) is 15.9 Å². The molecule has 8 heteroatoms. The van der Waals surface area contributed by atoms with E-state index in [1.165, 1.54) is 0 Å². The topological polar surface area (TPSA) is 82.8 Å². The molecular formula is C24H16BrN5O2. The Labute approximate surface area is 191 Å². The number of benzene rings is 1. The number of fused-ring (bicyclic) bond motifs is 1. The number of hydrogen-bond donors (Lipinski definition) is 0. The first kappa shape index (κ1) is 20.0. The third-order valence-corrected chi connectivity index (χ3v) is 5.50. The van der Waals surface area contributed by atoms with Crippen LogP contribution in [0.3, 0.4) is 0 Å². The first-order valence-electron chi connectivity index (χ1n) is 9.82. The Balaban J connectivity index is 1.62. The third-order valence-electron chi connectivity index (χ3n) is 4.91. The van der Waals surface area contributed by atoms with Gasteiger partial charge in [-0.15, -0.1) is 0 Å². The largest absolute Gasteiger partial charge is 0.420 e. The zero-order chi connectivity index (χ0) is 21.9. The number of carbonyl (C=O) groups is 1. The molecule has 0 saturated heterocycles. The predicted octanol–water partition coefficient (Wildman–Crippen LogP) is 4.92. The Morgan fingerprint density at radius 3 is 2.59 bits per heavy atom. The molecule has 5 aromatic rings. The summed E-state index contributed by atoms with van der Waals surface area (Å²) in [5.41, 5.74) is 3.56. The molecule has 0 N–H and O–H groups in total. The molecule has 5 rings (SSSR count). The van der Waals surface area contributed by atoms with Crippen LogP contribution in [-0.2, 0) is 6.54 Å². The van der Waals surface area contributed by atoms with Gasteiger partial charge in [-0.1, -0.05) is 30.3 Å². The molecule has 4 aromatic heterocycles. The number of pyridine rings is 3. The Morgan fingerprint density at radius 2 is 1.81 bits per heavy atom. The normalized spacial score (nSPS) is 10.9. The second kappa shape index (κ2) is 8.68. The van der Waals surface area contributed by atoms with E-state index in [2.05, 4.69) is 31.0 Å². The lowest BCUT2D eigenvalue weighted by Crippen LogP contribution is -2.11. The fourth-order valence-corrected chi connectivity index (χ4v) is 3.68. The summed E-state index contributed by atoms with van der Waals surface area (Å²) < 4.78 is 7.86. The lowest BCUT2D eigenvalue weighted by atomic mass is 10.1. The zero-order valence-corrected chi connectivity index (χ0v) is 18.3. The predicted molar refractivity (Wildman–Crippen MR) is 123 cm³/mol. The van der Waals surface area contributed by atoms with Crippen LogP contribution in [0, 0.1) is 0 Å². The van der Waals surface area contributed by atoms with Crippen molar-refractivity contribution in [2.45, 2.75) is 6.54 Å². The highest BCUT2D eigenvalue weighted by atomic mass is 79.9. The molecule has 7 nitrogen and oxygen atoms in total. The van der Waals surface area contributed by atoms with E-state index in [1.807, 2.05) is 42.5 Å². The number of nitrogens with zero attached hydrogens (tertiary/aromatic N) is 5. The summed E-state index contributed by atoms with van der Waals surface area (Å²) in [6.07, 6.45) is 6.73. The van der Waals surface area contributed by atoms with E-state index in [0.29, 0.717) is 39.2 Å². The van der Waals surface area contributed by atoms with E-state index in [9.17, 15) is 4.79 Å². The van der Waals surface area contributed by atoms with E-state index in [4.69, 9.17) is 9.72 Å². The van der Waals surface area contributed by atoms with Crippen molar-refractivity contribution in [1.29, 1.82) is 0 Å². The molecule has 1 aromatic carbocycles. The lowest BCUT2D eigenvalue weighted by molar-refractivity contribution is 0.0735. The van der Waals surface area contributed by atoms with E-state index in [-0.39, 0.29) is 0 Å². The van der Waals surface area contributed by atoms with Crippen LogP contribution in [-0.4, -0.2) is 30.7 Å². The van der Waals surface area contributed by atoms with E-state index in [1.54, 1.807) is 47.7 Å². The first-order valence-corrected chi connectivity index (χ1v) is 10.6. The molecule has 0 aliphatic heterocycles. The van der Waals surface area contributed by atoms with Crippen molar-refractivity contribution in [2.24, 2.45) is 0 Å². The maximum Gasteiger partial charge on any atom is 0.344 e. The molecule has 0 amide bonds. The van der Waals surface area contributed by atoms with Crippen LogP contribution >= 0.6 is 15.9 Å². The molecule has 0 spiro atoms. The van der Waals surface area contributed by atoms with Gasteiger partial charge in [0.1, 0.15) is 4.60 Å². The van der Waals surface area contributed by atoms with Crippen LogP contribution in [0.5, 0.6) is 5.75 Å². The fraction of sp³-hybridized carbons (Fsp3) is 0.0417. The fourth-order valence-electron chi connectivity index (χ4n) is 3.35. The summed E-state index contributed by atoms with van der Waals surface area (Å²) in [6, 6.07) is 18.7. The van der Waals surface area contributed by atoms with Crippen LogP contribution in [0.4, 0.5) is 0 Å². The summed E-state index contributed by atoms with van der Waals surface area (Å²) in [4.78, 5) is 26.2. The molecule has 0 unspecified atom stereocenters. The number of halogens is 1. The number of carbonyl (C=O) groups excluding carboxylic acids is 1. The van der Waals surface area contributed by atoms with E-state index < -0.39 is 5.97 Å². The van der Waals surface area contributed by atoms with Gasteiger partial charge in [0.15, 0.2) is 11.4 Å². The van der Waals surface area contributed by atoms with Gasteiger partial charge in [0.25, 0.3) is 0 Å². The molecule has 4 heterocycles. The zero-order valence-electron chi connectivity index (χ0n) is 16.7. The summed E-state index contributed by atoms with van der Waals surface area (Å²) in [5, 5.41) is 5.11. The molecule has 0 aliphatic rings. The molecular weight excluding hydrogens is 470 g/mol. The summed E-state index contributed by atoms with van der Waals surface area (Å²) in [7, 11) is 0. The van der Waals surface area contributed by atoms with Crippen LogP contribution < -0.4 is 4.74 Å². The van der Waals surface area contributed by atoms with Crippen LogP contribution in [0.25, 0.3) is 22.3 Å². The minimum atomic E-state index is -0.508. The molecule has 0 saturated carbocycles. The van der Waals surface area contributed by atoms with Crippen molar-refractivity contribution in [3.05, 3.63) is 101 Å². The van der Waals surface area contributed by atoms with Gasteiger partial charge in [-0.2, -0.15) is 5.10 Å². The standard InChI is InChI=1S/C24H16BrN5O2/c25-22-21(7-4-10-27-22)32-24(31)18-13-20(17-5-2-1-3-6-17)29-23-19(18)14-28-30(23)15-16-8-11-26-12-9-16/h1-14H,15H2. The van der Waals surface area contributed by atoms with Crippen LogP contribution in [0.15, 0.2) is 90.1 Å². The van der Waals surface area contributed by atoms with Crippen molar-refractivity contribution in [3.8, 4) is 17.0 Å². The maximum absolute atomic E-state index is 13.2. The van der Waals surface area contributed by atoms with Crippen molar-refractivity contribution in [2.75, 3.05) is 0 Å². The monoisotopic (exact) mass is 485 g/mol. The molecule has 0 radical (unpaired) electrons. The highest BCUT2D eigenvalue weighted by Gasteiger charge is 2.20. The number of ether oxygens (including phenoxy) is 1. The number of hydrogen-bond acceptors (Lipinski definition) is 6. The summed E-state index contributed by atoms with van der Waals surface area (Å²) >= 11 is 3.32. The average molecular weight is 486 g/mol. The molecule has 0 atom stereocenters.